The SMILES string of the molecule is CC/C=C\CC1OC1C/C=C\C/C=C\C/C=C\C/C=C\CCC(=O)O[C@H](COC(=O)CCCCCCCCCCCCC)COP(=O)(O)OCCN. The molecule has 1 fully saturated rings. The minimum absolute atomic E-state index is 0.0383. The number of rotatable bonds is 35. The van der Waals surface area contributed by atoms with E-state index in [0.717, 1.165) is 57.8 Å². The molecular formula is C41H70NO9P. The zero-order chi connectivity index (χ0) is 38.0. The lowest BCUT2D eigenvalue weighted by Crippen LogP contribution is -2.29. The second kappa shape index (κ2) is 33.3. The number of ether oxygens (including phenoxy) is 3. The molecule has 10 nitrogen and oxygen atoms in total. The fourth-order valence-electron chi connectivity index (χ4n) is 5.29. The smallest absolute Gasteiger partial charge is 0.462 e. The van der Waals surface area contributed by atoms with E-state index in [1.807, 2.05) is 12.2 Å². The molecule has 1 rings (SSSR count). The van der Waals surface area contributed by atoms with Gasteiger partial charge in [-0.1, -0.05) is 139 Å². The second-order valence-corrected chi connectivity index (χ2v) is 14.6. The molecule has 1 aliphatic heterocycles. The summed E-state index contributed by atoms with van der Waals surface area (Å²) in [6, 6.07) is 0. The van der Waals surface area contributed by atoms with Gasteiger partial charge in [0.1, 0.15) is 6.61 Å². The highest BCUT2D eigenvalue weighted by molar-refractivity contribution is 7.47. The molecule has 0 spiro atoms. The average Bonchev–Trinajstić information content (AvgIpc) is 3.88. The second-order valence-electron chi connectivity index (χ2n) is 13.2. The molecule has 1 heterocycles. The number of carbonyl (C=O) groups excluding carboxylic acids is 2. The molecule has 298 valence electrons. The average molecular weight is 752 g/mol. The first kappa shape index (κ1) is 47.7. The van der Waals surface area contributed by atoms with Gasteiger partial charge in [0, 0.05) is 19.4 Å². The van der Waals surface area contributed by atoms with Gasteiger partial charge in [-0.25, -0.2) is 4.57 Å². The molecule has 1 saturated heterocycles. The Morgan fingerprint density at radius 1 is 0.692 bits per heavy atom. The van der Waals surface area contributed by atoms with Gasteiger partial charge in [0.25, 0.3) is 0 Å². The molecule has 1 aliphatic rings. The van der Waals surface area contributed by atoms with Crippen molar-refractivity contribution in [1.29, 1.82) is 0 Å². The normalized spacial score (nSPS) is 17.9. The van der Waals surface area contributed by atoms with E-state index >= 15 is 0 Å². The van der Waals surface area contributed by atoms with Crippen LogP contribution in [-0.4, -0.2) is 61.5 Å². The van der Waals surface area contributed by atoms with Crippen molar-refractivity contribution in [2.45, 2.75) is 161 Å². The number of phosphoric acid groups is 1. The molecule has 0 aromatic rings. The van der Waals surface area contributed by atoms with Crippen molar-refractivity contribution in [3.8, 4) is 0 Å². The monoisotopic (exact) mass is 751 g/mol. The van der Waals surface area contributed by atoms with Crippen molar-refractivity contribution >= 4 is 19.8 Å². The summed E-state index contributed by atoms with van der Waals surface area (Å²) in [7, 11) is -4.40. The van der Waals surface area contributed by atoms with Crippen molar-refractivity contribution < 1.29 is 42.3 Å². The number of unbranched alkanes of at least 4 members (excludes halogenated alkanes) is 10. The van der Waals surface area contributed by atoms with E-state index in [0.29, 0.717) is 18.6 Å². The maximum absolute atomic E-state index is 12.5. The quantitative estimate of drug-likeness (QED) is 0.0211. The summed E-state index contributed by atoms with van der Waals surface area (Å²) in [5, 5.41) is 0. The molecule has 0 radical (unpaired) electrons. The van der Waals surface area contributed by atoms with Crippen LogP contribution in [0.5, 0.6) is 0 Å². The Morgan fingerprint density at radius 3 is 1.81 bits per heavy atom. The van der Waals surface area contributed by atoms with Crippen LogP contribution in [-0.2, 0) is 37.4 Å². The van der Waals surface area contributed by atoms with E-state index in [4.69, 9.17) is 29.0 Å². The summed E-state index contributed by atoms with van der Waals surface area (Å²) >= 11 is 0. The fraction of sp³-hybridized carbons (Fsp3) is 0.707. The lowest BCUT2D eigenvalue weighted by molar-refractivity contribution is -0.161. The summed E-state index contributed by atoms with van der Waals surface area (Å²) in [4.78, 5) is 34.7. The number of carbonyl (C=O) groups is 2. The van der Waals surface area contributed by atoms with Gasteiger partial charge >= 0.3 is 19.8 Å². The number of epoxide rings is 1. The maximum Gasteiger partial charge on any atom is 0.472 e. The summed E-state index contributed by atoms with van der Waals surface area (Å²) in [6.07, 6.45) is 40.2. The molecule has 0 aromatic heterocycles. The topological polar surface area (TPSA) is 147 Å². The molecule has 0 saturated carbocycles. The van der Waals surface area contributed by atoms with Crippen LogP contribution < -0.4 is 5.73 Å². The van der Waals surface area contributed by atoms with E-state index in [1.54, 1.807) is 0 Å². The molecule has 52 heavy (non-hydrogen) atoms. The fourth-order valence-corrected chi connectivity index (χ4v) is 6.05. The number of nitrogens with two attached hydrogens (primary N) is 1. The molecule has 0 bridgehead atoms. The van der Waals surface area contributed by atoms with E-state index in [1.165, 1.54) is 51.4 Å². The molecule has 0 amide bonds. The van der Waals surface area contributed by atoms with Gasteiger partial charge in [-0.05, 0) is 51.4 Å². The third-order valence-electron chi connectivity index (χ3n) is 8.33. The van der Waals surface area contributed by atoms with Crippen molar-refractivity contribution in [2.75, 3.05) is 26.4 Å². The largest absolute Gasteiger partial charge is 0.472 e. The highest BCUT2D eigenvalue weighted by Gasteiger charge is 2.36. The van der Waals surface area contributed by atoms with Crippen LogP contribution in [0.15, 0.2) is 60.8 Å². The number of hydrogen-bond acceptors (Lipinski definition) is 9. The highest BCUT2D eigenvalue weighted by Crippen LogP contribution is 2.43. The first-order chi connectivity index (χ1) is 25.3. The minimum Gasteiger partial charge on any atom is -0.462 e. The Morgan fingerprint density at radius 2 is 1.23 bits per heavy atom. The van der Waals surface area contributed by atoms with Crippen LogP contribution in [0.4, 0.5) is 0 Å². The zero-order valence-electron chi connectivity index (χ0n) is 32.2. The third-order valence-corrected chi connectivity index (χ3v) is 9.32. The number of phosphoric ester groups is 1. The lowest BCUT2D eigenvalue weighted by atomic mass is 10.1. The molecule has 3 unspecified atom stereocenters. The summed E-state index contributed by atoms with van der Waals surface area (Å²) in [5.74, 6) is -0.936. The van der Waals surface area contributed by atoms with E-state index in [9.17, 15) is 19.0 Å². The molecule has 4 atom stereocenters. The van der Waals surface area contributed by atoms with Crippen LogP contribution in [0.3, 0.4) is 0 Å². The minimum atomic E-state index is -4.40. The van der Waals surface area contributed by atoms with E-state index in [2.05, 4.69) is 62.5 Å². The third kappa shape index (κ3) is 30.2. The van der Waals surface area contributed by atoms with Crippen LogP contribution in [0.2, 0.25) is 0 Å². The van der Waals surface area contributed by atoms with Crippen molar-refractivity contribution in [1.82, 2.24) is 0 Å². The van der Waals surface area contributed by atoms with Gasteiger partial charge < -0.3 is 24.8 Å². The Hall–Kier alpha value is -2.33. The number of hydrogen-bond donors (Lipinski definition) is 2. The Balaban J connectivity index is 2.26. The van der Waals surface area contributed by atoms with Crippen LogP contribution in [0.25, 0.3) is 0 Å². The molecule has 11 heteroatoms. The first-order valence-electron chi connectivity index (χ1n) is 19.9. The number of allylic oxidation sites excluding steroid dienone is 8. The summed E-state index contributed by atoms with van der Waals surface area (Å²) in [6.45, 7) is 3.49. The first-order valence-corrected chi connectivity index (χ1v) is 21.4. The predicted molar refractivity (Wildman–Crippen MR) is 210 cm³/mol. The number of esters is 2. The maximum atomic E-state index is 12.5. The molecule has 0 aromatic carbocycles. The summed E-state index contributed by atoms with van der Waals surface area (Å²) < 4.78 is 38.2. The van der Waals surface area contributed by atoms with Crippen LogP contribution in [0, 0.1) is 0 Å². The van der Waals surface area contributed by atoms with Gasteiger partial charge in [0.15, 0.2) is 6.10 Å². The molecule has 3 N–H and O–H groups in total. The highest BCUT2D eigenvalue weighted by atomic mass is 31.2. The summed E-state index contributed by atoms with van der Waals surface area (Å²) in [5.41, 5.74) is 5.33. The van der Waals surface area contributed by atoms with Gasteiger partial charge in [-0.2, -0.15) is 0 Å². The van der Waals surface area contributed by atoms with E-state index < -0.39 is 32.5 Å². The lowest BCUT2D eigenvalue weighted by Gasteiger charge is -2.19. The predicted octanol–water partition coefficient (Wildman–Crippen LogP) is 9.92. The Labute approximate surface area is 314 Å². The van der Waals surface area contributed by atoms with Crippen molar-refractivity contribution in [3.05, 3.63) is 60.8 Å². The van der Waals surface area contributed by atoms with Gasteiger partial charge in [-0.15, -0.1) is 0 Å². The van der Waals surface area contributed by atoms with Gasteiger partial charge in [0.2, 0.25) is 0 Å². The molecule has 0 aliphatic carbocycles. The van der Waals surface area contributed by atoms with Crippen molar-refractivity contribution in [2.24, 2.45) is 5.73 Å². The van der Waals surface area contributed by atoms with Crippen molar-refractivity contribution in [3.63, 3.8) is 0 Å². The van der Waals surface area contributed by atoms with Gasteiger partial charge in [0.05, 0.1) is 25.4 Å². The Kier molecular flexibility index (Phi) is 30.5. The zero-order valence-corrected chi connectivity index (χ0v) is 33.1. The Bertz CT molecular complexity index is 1100. The van der Waals surface area contributed by atoms with Gasteiger partial charge in [-0.3, -0.25) is 18.6 Å². The standard InChI is InChI=1S/C41H70NO9P/c1-3-5-7-8-9-10-13-17-20-23-27-31-40(43)47-35-37(36-49-52(45,46)48-34-33-42)50-41(44)32-28-24-21-18-15-12-11-14-16-19-22-26-30-39-38(51-39)29-25-6-4-2/h6,12,14-16,21-22,24-26,37-39H,3-5,7-11,13,17-20,23,27-36,42H2,1-2H3,(H,45,46)/b15-12-,16-14-,24-21-,25-6-,26-22-/t37-,38?,39?/m1/s1. The molecular weight excluding hydrogens is 681 g/mol. The van der Waals surface area contributed by atoms with Crippen LogP contribution >= 0.6 is 7.82 Å². The van der Waals surface area contributed by atoms with E-state index in [-0.39, 0.29) is 32.6 Å². The van der Waals surface area contributed by atoms with Crippen LogP contribution in [0.1, 0.15) is 142 Å².